The highest BCUT2D eigenvalue weighted by Crippen LogP contribution is 2.27. The fourth-order valence-electron chi connectivity index (χ4n) is 2.13. The van der Waals surface area contributed by atoms with Gasteiger partial charge >= 0.3 is 0 Å². The summed E-state index contributed by atoms with van der Waals surface area (Å²) < 4.78 is 0.807. The van der Waals surface area contributed by atoms with Gasteiger partial charge in [-0.2, -0.15) is 0 Å². The molecule has 1 unspecified atom stereocenters. The Morgan fingerprint density at radius 3 is 2.61 bits per heavy atom. The molecule has 0 fully saturated rings. The molecule has 130 valence electrons. The molecule has 0 bridgehead atoms. The second-order valence-electron chi connectivity index (χ2n) is 6.21. The SMILES string of the molecule is Cc1nc(SCC(=O)NC(C)CCCC(C)C)sc1CC(N)=O. The second kappa shape index (κ2) is 9.93. The number of nitrogens with two attached hydrogens (primary N) is 1. The lowest BCUT2D eigenvalue weighted by atomic mass is 10.0. The van der Waals surface area contributed by atoms with E-state index >= 15 is 0 Å². The third kappa shape index (κ3) is 8.37. The van der Waals surface area contributed by atoms with Crippen molar-refractivity contribution < 1.29 is 9.59 Å². The van der Waals surface area contributed by atoms with Crippen LogP contribution in [0.15, 0.2) is 4.34 Å². The van der Waals surface area contributed by atoms with Crippen LogP contribution in [-0.2, 0) is 16.0 Å². The van der Waals surface area contributed by atoms with Gasteiger partial charge in [-0.25, -0.2) is 4.98 Å². The van der Waals surface area contributed by atoms with Gasteiger partial charge in [0.2, 0.25) is 11.8 Å². The molecule has 0 saturated carbocycles. The number of nitrogens with zero attached hydrogens (tertiary/aromatic N) is 1. The Bertz CT molecular complexity index is 529. The van der Waals surface area contributed by atoms with E-state index in [0.717, 1.165) is 27.8 Å². The Morgan fingerprint density at radius 1 is 1.30 bits per heavy atom. The Hall–Kier alpha value is -1.08. The molecule has 0 spiro atoms. The minimum absolute atomic E-state index is 0.0244. The van der Waals surface area contributed by atoms with E-state index in [1.54, 1.807) is 0 Å². The topological polar surface area (TPSA) is 85.1 Å². The summed E-state index contributed by atoms with van der Waals surface area (Å²) in [6.07, 6.45) is 3.54. The van der Waals surface area contributed by atoms with Crippen molar-refractivity contribution in [1.29, 1.82) is 0 Å². The number of thioether (sulfide) groups is 1. The van der Waals surface area contributed by atoms with E-state index in [4.69, 9.17) is 5.73 Å². The molecule has 0 radical (unpaired) electrons. The van der Waals surface area contributed by atoms with Gasteiger partial charge < -0.3 is 11.1 Å². The Morgan fingerprint density at radius 2 is 2.00 bits per heavy atom. The fourth-order valence-corrected chi connectivity index (χ4v) is 4.19. The largest absolute Gasteiger partial charge is 0.369 e. The summed E-state index contributed by atoms with van der Waals surface area (Å²) in [6, 6.07) is 0.199. The molecule has 0 saturated heterocycles. The van der Waals surface area contributed by atoms with Gasteiger partial charge in [0.15, 0.2) is 4.34 Å². The molecule has 1 rings (SSSR count). The monoisotopic (exact) mass is 357 g/mol. The number of amides is 2. The molecule has 7 heteroatoms. The molecule has 23 heavy (non-hydrogen) atoms. The number of hydrogen-bond acceptors (Lipinski definition) is 5. The zero-order valence-corrected chi connectivity index (χ0v) is 16.0. The summed E-state index contributed by atoms with van der Waals surface area (Å²) in [5, 5.41) is 3.02. The first-order chi connectivity index (χ1) is 10.8. The average molecular weight is 358 g/mol. The number of aryl methyl sites for hydroxylation is 1. The summed E-state index contributed by atoms with van der Waals surface area (Å²) in [6.45, 7) is 8.32. The predicted molar refractivity (Wildman–Crippen MR) is 96.8 cm³/mol. The van der Waals surface area contributed by atoms with Crippen molar-refractivity contribution in [2.24, 2.45) is 11.7 Å². The number of hydrogen-bond donors (Lipinski definition) is 2. The predicted octanol–water partition coefficient (Wildman–Crippen LogP) is 2.90. The van der Waals surface area contributed by atoms with Crippen molar-refractivity contribution in [3.63, 3.8) is 0 Å². The summed E-state index contributed by atoms with van der Waals surface area (Å²) >= 11 is 2.84. The van der Waals surface area contributed by atoms with Gasteiger partial charge in [-0.15, -0.1) is 11.3 Å². The molecule has 2 amide bonds. The molecule has 1 atom stereocenters. The number of carbonyl (C=O) groups excluding carboxylic acids is 2. The lowest BCUT2D eigenvalue weighted by Gasteiger charge is -2.14. The highest BCUT2D eigenvalue weighted by Gasteiger charge is 2.13. The van der Waals surface area contributed by atoms with Crippen LogP contribution in [0.3, 0.4) is 0 Å². The lowest BCUT2D eigenvalue weighted by Crippen LogP contribution is -2.33. The van der Waals surface area contributed by atoms with Crippen molar-refractivity contribution in [2.75, 3.05) is 5.75 Å². The van der Waals surface area contributed by atoms with Crippen LogP contribution in [0.5, 0.6) is 0 Å². The van der Waals surface area contributed by atoms with Crippen LogP contribution in [-0.4, -0.2) is 28.6 Å². The van der Waals surface area contributed by atoms with E-state index in [2.05, 4.69) is 24.1 Å². The summed E-state index contributed by atoms with van der Waals surface area (Å²) in [5.74, 6) is 0.714. The van der Waals surface area contributed by atoms with Crippen molar-refractivity contribution in [2.45, 2.75) is 63.8 Å². The molecule has 5 nitrogen and oxygen atoms in total. The highest BCUT2D eigenvalue weighted by atomic mass is 32.2. The maximum Gasteiger partial charge on any atom is 0.230 e. The fraction of sp³-hybridized carbons (Fsp3) is 0.688. The van der Waals surface area contributed by atoms with E-state index in [1.807, 2.05) is 13.8 Å². The van der Waals surface area contributed by atoms with Gasteiger partial charge in [-0.1, -0.05) is 38.5 Å². The van der Waals surface area contributed by atoms with Crippen molar-refractivity contribution in [1.82, 2.24) is 10.3 Å². The second-order valence-corrected chi connectivity index (χ2v) is 8.52. The van der Waals surface area contributed by atoms with Gasteiger partial charge in [0, 0.05) is 10.9 Å². The van der Waals surface area contributed by atoms with Gasteiger partial charge in [0.1, 0.15) is 0 Å². The van der Waals surface area contributed by atoms with Gasteiger partial charge in [-0.3, -0.25) is 9.59 Å². The van der Waals surface area contributed by atoms with Gasteiger partial charge in [0.05, 0.1) is 17.9 Å². The lowest BCUT2D eigenvalue weighted by molar-refractivity contribution is -0.119. The molecule has 0 aromatic carbocycles. The highest BCUT2D eigenvalue weighted by molar-refractivity contribution is 8.01. The smallest absolute Gasteiger partial charge is 0.230 e. The van der Waals surface area contributed by atoms with Crippen LogP contribution in [0.2, 0.25) is 0 Å². The van der Waals surface area contributed by atoms with Crippen LogP contribution in [0.25, 0.3) is 0 Å². The average Bonchev–Trinajstić information content (AvgIpc) is 2.76. The minimum Gasteiger partial charge on any atom is -0.369 e. The Balaban J connectivity index is 2.34. The zero-order chi connectivity index (χ0) is 17.4. The first kappa shape index (κ1) is 20.0. The van der Waals surface area contributed by atoms with E-state index < -0.39 is 0 Å². The first-order valence-corrected chi connectivity index (χ1v) is 9.75. The maximum absolute atomic E-state index is 12.0. The van der Waals surface area contributed by atoms with Crippen LogP contribution in [0, 0.1) is 12.8 Å². The molecule has 1 heterocycles. The van der Waals surface area contributed by atoms with Crippen LogP contribution >= 0.6 is 23.1 Å². The Labute approximate surface area is 146 Å². The van der Waals surface area contributed by atoms with Crippen LogP contribution in [0.1, 0.15) is 50.6 Å². The molecule has 0 aliphatic rings. The van der Waals surface area contributed by atoms with Gasteiger partial charge in [0.25, 0.3) is 0 Å². The molecule has 3 N–H and O–H groups in total. The number of primary amides is 1. The van der Waals surface area contributed by atoms with E-state index in [0.29, 0.717) is 11.7 Å². The number of carbonyl (C=O) groups is 2. The first-order valence-electron chi connectivity index (χ1n) is 7.94. The summed E-state index contributed by atoms with van der Waals surface area (Å²) in [5.41, 5.74) is 6.03. The van der Waals surface area contributed by atoms with Crippen molar-refractivity contribution in [3.8, 4) is 0 Å². The standard InChI is InChI=1S/C16H27N3O2S2/c1-10(2)6-5-7-11(3)18-15(21)9-22-16-19-12(4)13(23-16)8-14(17)20/h10-11H,5-9H2,1-4H3,(H2,17,20)(H,18,21). The van der Waals surface area contributed by atoms with E-state index in [-0.39, 0.29) is 24.3 Å². The molecule has 0 aliphatic heterocycles. The zero-order valence-electron chi connectivity index (χ0n) is 14.3. The molecule has 0 aliphatic carbocycles. The number of rotatable bonds is 10. The minimum atomic E-state index is -0.360. The molecular formula is C16H27N3O2S2. The van der Waals surface area contributed by atoms with E-state index in [1.165, 1.54) is 29.5 Å². The Kier molecular flexibility index (Phi) is 8.62. The third-order valence-electron chi connectivity index (χ3n) is 3.36. The molecule has 1 aromatic rings. The summed E-state index contributed by atoms with van der Waals surface area (Å²) in [4.78, 5) is 28.2. The molecular weight excluding hydrogens is 330 g/mol. The normalized spacial score (nSPS) is 12.4. The molecule has 1 aromatic heterocycles. The van der Waals surface area contributed by atoms with Crippen molar-refractivity contribution in [3.05, 3.63) is 10.6 Å². The number of nitrogens with one attached hydrogen (secondary N) is 1. The third-order valence-corrected chi connectivity index (χ3v) is 5.66. The van der Waals surface area contributed by atoms with Crippen LogP contribution in [0.4, 0.5) is 0 Å². The van der Waals surface area contributed by atoms with E-state index in [9.17, 15) is 9.59 Å². The summed E-state index contributed by atoms with van der Waals surface area (Å²) in [7, 11) is 0. The number of aromatic nitrogens is 1. The van der Waals surface area contributed by atoms with Crippen molar-refractivity contribution >= 4 is 34.9 Å². The number of thiazole rings is 1. The maximum atomic E-state index is 12.0. The quantitative estimate of drug-likeness (QED) is 0.631. The van der Waals surface area contributed by atoms with Crippen LogP contribution < -0.4 is 11.1 Å². The van der Waals surface area contributed by atoms with Gasteiger partial charge in [-0.05, 0) is 26.2 Å².